The smallest absolute Gasteiger partial charge is 0.344 e. The minimum atomic E-state index is -4.67. The molecular weight excluding hydrogens is 391 g/mol. The Morgan fingerprint density at radius 3 is 2.57 bits per heavy atom. The van der Waals surface area contributed by atoms with Gasteiger partial charge in [-0.2, -0.15) is 18.4 Å². The number of nitriles is 1. The number of carbonyl (C=O) groups excluding carboxylic acids is 1. The van der Waals surface area contributed by atoms with Crippen molar-refractivity contribution in [3.05, 3.63) is 64.6 Å². The van der Waals surface area contributed by atoms with E-state index in [0.29, 0.717) is 28.5 Å². The molecule has 0 aliphatic rings. The largest absolute Gasteiger partial charge is 0.416 e. The van der Waals surface area contributed by atoms with E-state index in [1.165, 1.54) is 23.7 Å². The molecule has 28 heavy (non-hydrogen) atoms. The molecule has 3 aromatic rings. The number of carbonyl (C=O) groups is 1. The molecule has 0 saturated carbocycles. The highest BCUT2D eigenvalue weighted by Gasteiger charge is 2.32. The van der Waals surface area contributed by atoms with Gasteiger partial charge in [0, 0.05) is 29.5 Å². The van der Waals surface area contributed by atoms with Gasteiger partial charge in [0.1, 0.15) is 10.7 Å². The highest BCUT2D eigenvalue weighted by Crippen LogP contribution is 2.31. The zero-order valence-electron chi connectivity index (χ0n) is 14.4. The van der Waals surface area contributed by atoms with E-state index in [1.54, 1.807) is 24.6 Å². The van der Waals surface area contributed by atoms with Gasteiger partial charge in [-0.15, -0.1) is 11.3 Å². The number of alkyl halides is 3. The van der Waals surface area contributed by atoms with E-state index in [1.807, 2.05) is 0 Å². The Balaban J connectivity index is 1.90. The average molecular weight is 403 g/mol. The van der Waals surface area contributed by atoms with Gasteiger partial charge in [0.15, 0.2) is 0 Å². The van der Waals surface area contributed by atoms with E-state index in [9.17, 15) is 18.0 Å². The maximum Gasteiger partial charge on any atom is 0.416 e. The Morgan fingerprint density at radius 1 is 1.18 bits per heavy atom. The third-order valence-corrected chi connectivity index (χ3v) is 4.55. The number of hydrogen-bond acceptors (Lipinski definition) is 6. The molecule has 0 aliphatic carbocycles. The number of thiazole rings is 1. The minimum absolute atomic E-state index is 0.254. The summed E-state index contributed by atoms with van der Waals surface area (Å²) in [7, 11) is 0. The molecule has 1 N–H and O–H groups in total. The quantitative estimate of drug-likeness (QED) is 0.711. The fourth-order valence-corrected chi connectivity index (χ4v) is 3.15. The van der Waals surface area contributed by atoms with Gasteiger partial charge in [-0.1, -0.05) is 0 Å². The number of rotatable bonds is 4. The van der Waals surface area contributed by atoms with Crippen LogP contribution in [0.25, 0.3) is 10.7 Å². The lowest BCUT2D eigenvalue weighted by Gasteiger charge is -2.16. The molecular formula is C18H12F3N5OS. The Bertz CT molecular complexity index is 1040. The van der Waals surface area contributed by atoms with Gasteiger partial charge >= 0.3 is 6.18 Å². The van der Waals surface area contributed by atoms with Gasteiger partial charge < -0.3 is 5.32 Å². The number of benzene rings is 1. The highest BCUT2D eigenvalue weighted by molar-refractivity contribution is 7.13. The first kappa shape index (κ1) is 19.4. The first-order valence-electron chi connectivity index (χ1n) is 7.93. The molecule has 0 aliphatic heterocycles. The first-order chi connectivity index (χ1) is 13.3. The second-order valence-electron chi connectivity index (χ2n) is 5.73. The standard InChI is InChI=1S/C18H12F3N5OS/c1-10(14-15(24-3-2-23-14)17-25-4-5-28-17)26-16(27)12-6-11(9-22)7-13(8-12)18(19,20)21/h2-8,10H,1H3,(H,26,27). The van der Waals surface area contributed by atoms with E-state index >= 15 is 0 Å². The normalized spacial score (nSPS) is 12.2. The van der Waals surface area contributed by atoms with Crippen LogP contribution in [-0.4, -0.2) is 20.9 Å². The molecule has 1 amide bonds. The van der Waals surface area contributed by atoms with Gasteiger partial charge in [-0.25, -0.2) is 4.98 Å². The molecule has 6 nitrogen and oxygen atoms in total. The predicted molar refractivity (Wildman–Crippen MR) is 95.2 cm³/mol. The Morgan fingerprint density at radius 2 is 1.93 bits per heavy atom. The van der Waals surface area contributed by atoms with Crippen LogP contribution in [0.15, 0.2) is 42.2 Å². The van der Waals surface area contributed by atoms with Crippen LogP contribution >= 0.6 is 11.3 Å². The summed E-state index contributed by atoms with van der Waals surface area (Å²) in [5.41, 5.74) is -0.675. The lowest BCUT2D eigenvalue weighted by molar-refractivity contribution is -0.137. The van der Waals surface area contributed by atoms with Crippen LogP contribution in [0.4, 0.5) is 13.2 Å². The van der Waals surface area contributed by atoms with Crippen molar-refractivity contribution in [2.24, 2.45) is 0 Å². The third-order valence-electron chi connectivity index (χ3n) is 3.77. The minimum Gasteiger partial charge on any atom is -0.344 e. The maximum absolute atomic E-state index is 13.0. The maximum atomic E-state index is 13.0. The van der Waals surface area contributed by atoms with Crippen molar-refractivity contribution >= 4 is 17.2 Å². The molecule has 0 bridgehead atoms. The van der Waals surface area contributed by atoms with Crippen LogP contribution < -0.4 is 5.32 Å². The summed E-state index contributed by atoms with van der Waals surface area (Å²) in [5, 5.41) is 13.9. The number of aromatic nitrogens is 3. The molecule has 2 heterocycles. The fourth-order valence-electron chi connectivity index (χ4n) is 2.51. The monoisotopic (exact) mass is 403 g/mol. The molecule has 0 spiro atoms. The molecule has 2 aromatic heterocycles. The molecule has 0 radical (unpaired) electrons. The second kappa shape index (κ2) is 7.74. The number of amides is 1. The van der Waals surface area contributed by atoms with Crippen LogP contribution in [0, 0.1) is 11.3 Å². The van der Waals surface area contributed by atoms with Gasteiger partial charge in [0.25, 0.3) is 5.91 Å². The molecule has 142 valence electrons. The van der Waals surface area contributed by atoms with E-state index in [4.69, 9.17) is 5.26 Å². The van der Waals surface area contributed by atoms with Crippen molar-refractivity contribution in [1.82, 2.24) is 20.3 Å². The summed E-state index contributed by atoms with van der Waals surface area (Å²) in [4.78, 5) is 25.2. The Labute approximate surface area is 161 Å². The lowest BCUT2D eigenvalue weighted by atomic mass is 10.0. The Kier molecular flexibility index (Phi) is 5.37. The van der Waals surface area contributed by atoms with Crippen LogP contribution in [0.5, 0.6) is 0 Å². The van der Waals surface area contributed by atoms with Crippen LogP contribution in [0.1, 0.15) is 40.1 Å². The van der Waals surface area contributed by atoms with Gasteiger partial charge in [0.2, 0.25) is 0 Å². The second-order valence-corrected chi connectivity index (χ2v) is 6.63. The summed E-state index contributed by atoms with van der Waals surface area (Å²) in [6.07, 6.45) is -0.127. The molecule has 1 atom stereocenters. The van der Waals surface area contributed by atoms with Crippen molar-refractivity contribution in [2.75, 3.05) is 0 Å². The van der Waals surface area contributed by atoms with Crippen molar-refractivity contribution in [2.45, 2.75) is 19.1 Å². The van der Waals surface area contributed by atoms with Crippen molar-refractivity contribution in [1.29, 1.82) is 5.26 Å². The fraction of sp³-hybridized carbons (Fsp3) is 0.167. The summed E-state index contributed by atoms with van der Waals surface area (Å²) in [6, 6.07) is 3.50. The molecule has 10 heteroatoms. The molecule has 0 fully saturated rings. The Hall–Kier alpha value is -3.32. The number of nitrogens with one attached hydrogen (secondary N) is 1. The van der Waals surface area contributed by atoms with Crippen molar-refractivity contribution in [3.8, 4) is 16.8 Å². The molecule has 1 aromatic carbocycles. The van der Waals surface area contributed by atoms with Crippen LogP contribution in [0.2, 0.25) is 0 Å². The van der Waals surface area contributed by atoms with E-state index in [2.05, 4.69) is 20.3 Å². The molecule has 1 unspecified atom stereocenters. The third kappa shape index (κ3) is 4.15. The van der Waals surface area contributed by atoms with Gasteiger partial charge in [-0.05, 0) is 25.1 Å². The SMILES string of the molecule is CC(NC(=O)c1cc(C#N)cc(C(F)(F)F)c1)c1nccnc1-c1nccs1. The van der Waals surface area contributed by atoms with Crippen molar-refractivity contribution in [3.63, 3.8) is 0 Å². The summed E-state index contributed by atoms with van der Waals surface area (Å²) in [6.45, 7) is 1.64. The highest BCUT2D eigenvalue weighted by atomic mass is 32.1. The zero-order valence-corrected chi connectivity index (χ0v) is 15.2. The summed E-state index contributed by atoms with van der Waals surface area (Å²) < 4.78 is 39.1. The number of halogens is 3. The first-order valence-corrected chi connectivity index (χ1v) is 8.81. The van der Waals surface area contributed by atoms with Crippen LogP contribution in [-0.2, 0) is 6.18 Å². The average Bonchev–Trinajstić information content (AvgIpc) is 3.21. The molecule has 3 rings (SSSR count). The predicted octanol–water partition coefficient (Wildman–Crippen LogP) is 3.98. The van der Waals surface area contributed by atoms with Gasteiger partial charge in [-0.3, -0.25) is 14.8 Å². The van der Waals surface area contributed by atoms with Crippen molar-refractivity contribution < 1.29 is 18.0 Å². The van der Waals surface area contributed by atoms with Crippen LogP contribution in [0.3, 0.4) is 0 Å². The van der Waals surface area contributed by atoms with E-state index < -0.39 is 23.7 Å². The zero-order chi connectivity index (χ0) is 20.3. The van der Waals surface area contributed by atoms with E-state index in [0.717, 1.165) is 6.07 Å². The van der Waals surface area contributed by atoms with E-state index in [-0.39, 0.29) is 11.1 Å². The molecule has 0 saturated heterocycles. The van der Waals surface area contributed by atoms with Gasteiger partial charge in [0.05, 0.1) is 28.9 Å². The number of hydrogen-bond donors (Lipinski definition) is 1. The summed E-state index contributed by atoms with van der Waals surface area (Å²) >= 11 is 1.35. The number of nitrogens with zero attached hydrogens (tertiary/aromatic N) is 4. The topological polar surface area (TPSA) is 91.6 Å². The lowest BCUT2D eigenvalue weighted by Crippen LogP contribution is -2.28. The summed E-state index contributed by atoms with van der Waals surface area (Å²) in [5.74, 6) is -0.758.